The lowest BCUT2D eigenvalue weighted by Crippen LogP contribution is -2.53. The van der Waals surface area contributed by atoms with E-state index in [-0.39, 0.29) is 11.3 Å². The van der Waals surface area contributed by atoms with Gasteiger partial charge in [0, 0.05) is 17.5 Å². The summed E-state index contributed by atoms with van der Waals surface area (Å²) in [6.07, 6.45) is 1.43. The summed E-state index contributed by atoms with van der Waals surface area (Å²) in [6.45, 7) is 6.57. The highest BCUT2D eigenvalue weighted by Gasteiger charge is 2.40. The predicted octanol–water partition coefficient (Wildman–Crippen LogP) is 3.11. The number of likely N-dealkylation sites (tertiary alicyclic amines) is 1. The van der Waals surface area contributed by atoms with Gasteiger partial charge in [0.15, 0.2) is 5.13 Å². The van der Waals surface area contributed by atoms with E-state index in [1.54, 1.807) is 4.90 Å². The van der Waals surface area contributed by atoms with Gasteiger partial charge in [0.25, 0.3) is 0 Å². The molecule has 6 nitrogen and oxygen atoms in total. The Morgan fingerprint density at radius 1 is 1.30 bits per heavy atom. The summed E-state index contributed by atoms with van der Waals surface area (Å²) in [5.74, 6) is -0.533. The number of carbonyl (C=O) groups is 2. The quantitative estimate of drug-likeness (QED) is 0.826. The van der Waals surface area contributed by atoms with Gasteiger partial charge in [0.05, 0.1) is 5.69 Å². The molecule has 2 amide bonds. The highest BCUT2D eigenvalue weighted by Crippen LogP contribution is 2.31. The number of amides is 2. The van der Waals surface area contributed by atoms with E-state index in [0.29, 0.717) is 18.1 Å². The molecule has 1 aromatic heterocycles. The Labute approximate surface area is 163 Å². The molecule has 0 unspecified atom stereocenters. The molecule has 3 rings (SSSR count). The molecule has 2 heterocycles. The summed E-state index contributed by atoms with van der Waals surface area (Å²) in [6, 6.07) is 8.92. The Morgan fingerprint density at radius 2 is 2.00 bits per heavy atom. The zero-order valence-corrected chi connectivity index (χ0v) is 16.8. The van der Waals surface area contributed by atoms with Crippen molar-refractivity contribution in [3.05, 3.63) is 35.7 Å². The first-order valence-corrected chi connectivity index (χ1v) is 10.0. The molecule has 0 saturated carbocycles. The smallest absolute Gasteiger partial charge is 0.246 e. The fourth-order valence-corrected chi connectivity index (χ4v) is 4.09. The highest BCUT2D eigenvalue weighted by atomic mass is 32.1. The van der Waals surface area contributed by atoms with Crippen molar-refractivity contribution in [2.45, 2.75) is 45.7 Å². The van der Waals surface area contributed by atoms with Crippen molar-refractivity contribution in [2.24, 2.45) is 11.1 Å². The van der Waals surface area contributed by atoms with Gasteiger partial charge in [-0.3, -0.25) is 9.59 Å². The van der Waals surface area contributed by atoms with Gasteiger partial charge in [-0.15, -0.1) is 11.3 Å². The molecular formula is C20H26N4O2S. The molecule has 0 spiro atoms. The molecule has 7 heteroatoms. The minimum absolute atomic E-state index is 0.0970. The Kier molecular flexibility index (Phi) is 5.51. The zero-order chi connectivity index (χ0) is 19.6. The number of anilines is 1. The van der Waals surface area contributed by atoms with Crippen LogP contribution in [-0.2, 0) is 9.59 Å². The molecule has 2 aromatic rings. The Hall–Kier alpha value is -2.41. The van der Waals surface area contributed by atoms with E-state index in [1.807, 2.05) is 56.5 Å². The first kappa shape index (κ1) is 19.4. The third-order valence-electron chi connectivity index (χ3n) is 4.82. The van der Waals surface area contributed by atoms with Crippen molar-refractivity contribution >= 4 is 28.3 Å². The topological polar surface area (TPSA) is 88.3 Å². The normalized spacial score (nSPS) is 18.3. The van der Waals surface area contributed by atoms with E-state index >= 15 is 0 Å². The van der Waals surface area contributed by atoms with Crippen LogP contribution in [0.1, 0.15) is 33.6 Å². The number of primary amides is 1. The lowest BCUT2D eigenvalue weighted by Gasteiger charge is -2.35. The van der Waals surface area contributed by atoms with Crippen LogP contribution < -0.4 is 11.1 Å². The molecule has 27 heavy (non-hydrogen) atoms. The molecule has 1 fully saturated rings. The van der Waals surface area contributed by atoms with Crippen LogP contribution in [0.25, 0.3) is 11.3 Å². The van der Waals surface area contributed by atoms with Gasteiger partial charge in [-0.25, -0.2) is 4.98 Å². The maximum atomic E-state index is 13.2. The van der Waals surface area contributed by atoms with E-state index in [1.165, 1.54) is 11.3 Å². The average Bonchev–Trinajstić information content (AvgIpc) is 3.28. The van der Waals surface area contributed by atoms with E-state index in [4.69, 9.17) is 5.73 Å². The summed E-state index contributed by atoms with van der Waals surface area (Å²) in [5, 5.41) is 5.98. The number of carbonyl (C=O) groups excluding carboxylic acids is 2. The first-order valence-electron chi connectivity index (χ1n) is 9.14. The van der Waals surface area contributed by atoms with E-state index < -0.39 is 18.0 Å². The number of nitrogens with one attached hydrogen (secondary N) is 1. The fraction of sp³-hybridized carbons (Fsp3) is 0.450. The Balaban J connectivity index is 1.81. The lowest BCUT2D eigenvalue weighted by atomic mass is 9.85. The first-order chi connectivity index (χ1) is 12.8. The molecule has 144 valence electrons. The molecule has 0 bridgehead atoms. The van der Waals surface area contributed by atoms with Crippen LogP contribution in [0, 0.1) is 5.41 Å². The monoisotopic (exact) mass is 386 g/mol. The van der Waals surface area contributed by atoms with Crippen molar-refractivity contribution < 1.29 is 9.59 Å². The van der Waals surface area contributed by atoms with Crippen LogP contribution >= 0.6 is 11.3 Å². The molecular weight excluding hydrogens is 360 g/mol. The molecule has 0 aliphatic carbocycles. The molecule has 3 N–H and O–H groups in total. The van der Waals surface area contributed by atoms with Crippen LogP contribution in [0.5, 0.6) is 0 Å². The van der Waals surface area contributed by atoms with Crippen LogP contribution in [0.3, 0.4) is 0 Å². The minimum Gasteiger partial charge on any atom is -0.368 e. The summed E-state index contributed by atoms with van der Waals surface area (Å²) >= 11 is 1.47. The maximum absolute atomic E-state index is 13.2. The maximum Gasteiger partial charge on any atom is 0.246 e. The van der Waals surface area contributed by atoms with Crippen LogP contribution in [0.4, 0.5) is 5.13 Å². The van der Waals surface area contributed by atoms with E-state index in [9.17, 15) is 9.59 Å². The van der Waals surface area contributed by atoms with Crippen molar-refractivity contribution in [2.75, 3.05) is 11.9 Å². The second kappa shape index (κ2) is 7.68. The summed E-state index contributed by atoms with van der Waals surface area (Å²) in [7, 11) is 0. The highest BCUT2D eigenvalue weighted by molar-refractivity contribution is 7.14. The largest absolute Gasteiger partial charge is 0.368 e. The Bertz CT molecular complexity index is 813. The molecule has 1 aromatic carbocycles. The number of nitrogens with zero attached hydrogens (tertiary/aromatic N) is 2. The van der Waals surface area contributed by atoms with Crippen molar-refractivity contribution in [1.29, 1.82) is 0 Å². The summed E-state index contributed by atoms with van der Waals surface area (Å²) in [4.78, 5) is 31.2. The zero-order valence-electron chi connectivity index (χ0n) is 15.9. The van der Waals surface area contributed by atoms with Crippen LogP contribution in [0.15, 0.2) is 35.7 Å². The van der Waals surface area contributed by atoms with Crippen LogP contribution in [-0.4, -0.2) is 40.3 Å². The van der Waals surface area contributed by atoms with Gasteiger partial charge < -0.3 is 16.0 Å². The minimum atomic E-state index is -0.514. The third-order valence-corrected chi connectivity index (χ3v) is 5.59. The number of rotatable bonds is 5. The molecule has 0 radical (unpaired) electrons. The molecule has 2 atom stereocenters. The van der Waals surface area contributed by atoms with Crippen molar-refractivity contribution in [3.63, 3.8) is 0 Å². The fourth-order valence-electron chi connectivity index (χ4n) is 3.35. The van der Waals surface area contributed by atoms with Crippen molar-refractivity contribution in [3.8, 4) is 11.3 Å². The van der Waals surface area contributed by atoms with E-state index in [0.717, 1.165) is 17.7 Å². The van der Waals surface area contributed by atoms with Gasteiger partial charge in [-0.05, 0) is 18.3 Å². The Morgan fingerprint density at radius 3 is 2.63 bits per heavy atom. The summed E-state index contributed by atoms with van der Waals surface area (Å²) < 4.78 is 0. The standard InChI is InChI=1S/C20H26N4O2S/c1-20(2,3)16(18(26)24-11-7-10-15(24)17(21)25)23-19-22-14(12-27-19)13-8-5-4-6-9-13/h4-6,8-9,12,15-16H,7,10-11H2,1-3H3,(H2,21,25)(H,22,23)/t15-,16+/m0/s1. The second-order valence-electron chi connectivity index (χ2n) is 7.94. The number of benzene rings is 1. The van der Waals surface area contributed by atoms with Crippen molar-refractivity contribution in [1.82, 2.24) is 9.88 Å². The molecule has 1 aliphatic rings. The van der Waals surface area contributed by atoms with Gasteiger partial charge in [-0.1, -0.05) is 51.1 Å². The number of thiazole rings is 1. The lowest BCUT2D eigenvalue weighted by molar-refractivity contribution is -0.139. The molecule has 1 aliphatic heterocycles. The SMILES string of the molecule is CC(C)(C)[C@H](Nc1nc(-c2ccccc2)cs1)C(=O)N1CCC[C@H]1C(N)=O. The number of hydrogen-bond acceptors (Lipinski definition) is 5. The van der Waals surface area contributed by atoms with Gasteiger partial charge in [-0.2, -0.15) is 0 Å². The van der Waals surface area contributed by atoms with Gasteiger partial charge in [0.2, 0.25) is 11.8 Å². The number of hydrogen-bond donors (Lipinski definition) is 2. The van der Waals surface area contributed by atoms with E-state index in [2.05, 4.69) is 10.3 Å². The number of nitrogens with two attached hydrogens (primary N) is 1. The predicted molar refractivity (Wildman–Crippen MR) is 108 cm³/mol. The third kappa shape index (κ3) is 4.30. The number of aromatic nitrogens is 1. The summed E-state index contributed by atoms with van der Waals surface area (Å²) in [5.41, 5.74) is 7.06. The average molecular weight is 387 g/mol. The molecule has 1 saturated heterocycles. The van der Waals surface area contributed by atoms with Gasteiger partial charge >= 0.3 is 0 Å². The van der Waals surface area contributed by atoms with Crippen LogP contribution in [0.2, 0.25) is 0 Å². The van der Waals surface area contributed by atoms with Gasteiger partial charge in [0.1, 0.15) is 12.1 Å². The second-order valence-corrected chi connectivity index (χ2v) is 8.80.